The number of nitrogens with zero attached hydrogens (tertiary/aromatic N) is 4. The lowest BCUT2D eigenvalue weighted by atomic mass is 9.85. The molecule has 0 spiro atoms. The van der Waals surface area contributed by atoms with Crippen LogP contribution in [0.3, 0.4) is 0 Å². The predicted molar refractivity (Wildman–Crippen MR) is 86.2 cm³/mol. The number of aryl methyl sites for hydroxylation is 1. The van der Waals surface area contributed by atoms with Gasteiger partial charge in [0, 0.05) is 12.1 Å². The van der Waals surface area contributed by atoms with E-state index < -0.39 is 0 Å². The molecule has 0 radical (unpaired) electrons. The SMILES string of the molecule is CCCn1nncc1C(NCC)C(C)(CC)N1CCCC1. The first-order valence-corrected chi connectivity index (χ1v) is 8.54. The normalized spacial score (nSPS) is 20.6. The summed E-state index contributed by atoms with van der Waals surface area (Å²) in [5.74, 6) is 0. The van der Waals surface area contributed by atoms with Crippen molar-refractivity contribution in [1.82, 2.24) is 25.2 Å². The molecule has 0 aromatic carbocycles. The summed E-state index contributed by atoms with van der Waals surface area (Å²) in [5.41, 5.74) is 1.36. The third-order valence-electron chi connectivity index (χ3n) is 4.95. The first-order chi connectivity index (χ1) is 10.2. The van der Waals surface area contributed by atoms with Gasteiger partial charge in [-0.1, -0.05) is 26.0 Å². The molecular formula is C16H31N5. The monoisotopic (exact) mass is 293 g/mol. The minimum Gasteiger partial charge on any atom is -0.307 e. The summed E-state index contributed by atoms with van der Waals surface area (Å²) in [6, 6.07) is 0.284. The van der Waals surface area contributed by atoms with E-state index in [9.17, 15) is 0 Å². The Morgan fingerprint density at radius 1 is 1.29 bits per heavy atom. The van der Waals surface area contributed by atoms with Crippen LogP contribution in [0.2, 0.25) is 0 Å². The Morgan fingerprint density at radius 2 is 2.00 bits per heavy atom. The second kappa shape index (κ2) is 7.36. The summed E-state index contributed by atoms with van der Waals surface area (Å²) in [6.07, 6.45) is 6.80. The van der Waals surface area contributed by atoms with Gasteiger partial charge in [-0.15, -0.1) is 5.10 Å². The summed E-state index contributed by atoms with van der Waals surface area (Å²) < 4.78 is 2.08. The number of hydrogen-bond donors (Lipinski definition) is 1. The van der Waals surface area contributed by atoms with Crippen LogP contribution in [0.15, 0.2) is 6.20 Å². The molecule has 0 amide bonds. The highest BCUT2D eigenvalue weighted by Gasteiger charge is 2.41. The van der Waals surface area contributed by atoms with Gasteiger partial charge in [-0.3, -0.25) is 4.90 Å². The standard InChI is InChI=1S/C16H31N5/c1-5-10-21-14(13-18-19-21)15(17-7-3)16(4,6-2)20-11-8-9-12-20/h13,15,17H,5-12H2,1-4H3. The van der Waals surface area contributed by atoms with E-state index in [1.165, 1.54) is 31.6 Å². The largest absolute Gasteiger partial charge is 0.307 e. The van der Waals surface area contributed by atoms with Crippen molar-refractivity contribution in [1.29, 1.82) is 0 Å². The second-order valence-electron chi connectivity index (χ2n) is 6.28. The molecule has 0 bridgehead atoms. The zero-order valence-corrected chi connectivity index (χ0v) is 14.1. The maximum absolute atomic E-state index is 4.29. The van der Waals surface area contributed by atoms with Crippen molar-refractivity contribution >= 4 is 0 Å². The molecule has 2 heterocycles. The summed E-state index contributed by atoms with van der Waals surface area (Å²) in [7, 11) is 0. The topological polar surface area (TPSA) is 46.0 Å². The summed E-state index contributed by atoms with van der Waals surface area (Å²) in [5, 5.41) is 12.2. The molecule has 5 nitrogen and oxygen atoms in total. The van der Waals surface area contributed by atoms with Gasteiger partial charge in [-0.2, -0.15) is 0 Å². The zero-order chi connectivity index (χ0) is 15.3. The van der Waals surface area contributed by atoms with Gasteiger partial charge in [0.1, 0.15) is 0 Å². The van der Waals surface area contributed by atoms with Crippen molar-refractivity contribution in [3.63, 3.8) is 0 Å². The number of likely N-dealkylation sites (tertiary alicyclic amines) is 1. The highest BCUT2D eigenvalue weighted by atomic mass is 15.4. The van der Waals surface area contributed by atoms with Crippen molar-refractivity contribution < 1.29 is 0 Å². The molecule has 1 aliphatic heterocycles. The van der Waals surface area contributed by atoms with Crippen molar-refractivity contribution in [2.75, 3.05) is 19.6 Å². The molecule has 1 aromatic heterocycles. The van der Waals surface area contributed by atoms with Crippen molar-refractivity contribution in [3.8, 4) is 0 Å². The molecule has 1 N–H and O–H groups in total. The summed E-state index contributed by atoms with van der Waals surface area (Å²) in [4.78, 5) is 2.66. The Hall–Kier alpha value is -0.940. The Kier molecular flexibility index (Phi) is 5.76. The zero-order valence-electron chi connectivity index (χ0n) is 14.1. The van der Waals surface area contributed by atoms with Crippen LogP contribution < -0.4 is 5.32 Å². The van der Waals surface area contributed by atoms with Crippen LogP contribution in [-0.4, -0.2) is 45.1 Å². The first kappa shape index (κ1) is 16.4. The van der Waals surface area contributed by atoms with E-state index in [2.05, 4.69) is 52.9 Å². The fourth-order valence-corrected chi connectivity index (χ4v) is 3.56. The molecule has 120 valence electrons. The van der Waals surface area contributed by atoms with E-state index in [0.29, 0.717) is 0 Å². The maximum atomic E-state index is 4.29. The van der Waals surface area contributed by atoms with E-state index in [4.69, 9.17) is 0 Å². The average Bonchev–Trinajstić information content (AvgIpc) is 3.16. The van der Waals surface area contributed by atoms with Gasteiger partial charge >= 0.3 is 0 Å². The van der Waals surface area contributed by atoms with E-state index >= 15 is 0 Å². The van der Waals surface area contributed by atoms with Gasteiger partial charge < -0.3 is 5.32 Å². The Labute approximate surface area is 129 Å². The number of aromatic nitrogens is 3. The van der Waals surface area contributed by atoms with Crippen LogP contribution in [0.4, 0.5) is 0 Å². The number of hydrogen-bond acceptors (Lipinski definition) is 4. The van der Waals surface area contributed by atoms with Gasteiger partial charge in [0.25, 0.3) is 0 Å². The lowest BCUT2D eigenvalue weighted by molar-refractivity contribution is 0.0807. The molecule has 2 rings (SSSR count). The van der Waals surface area contributed by atoms with Gasteiger partial charge in [-0.25, -0.2) is 4.68 Å². The first-order valence-electron chi connectivity index (χ1n) is 8.54. The van der Waals surface area contributed by atoms with E-state index in [-0.39, 0.29) is 11.6 Å². The van der Waals surface area contributed by atoms with Crippen LogP contribution in [-0.2, 0) is 6.54 Å². The lowest BCUT2D eigenvalue weighted by Crippen LogP contribution is -2.53. The number of likely N-dealkylation sites (N-methyl/N-ethyl adjacent to an activating group) is 1. The van der Waals surface area contributed by atoms with Crippen LogP contribution in [0.5, 0.6) is 0 Å². The van der Waals surface area contributed by atoms with E-state index in [1.807, 2.05) is 6.20 Å². The van der Waals surface area contributed by atoms with E-state index in [0.717, 1.165) is 25.9 Å². The fraction of sp³-hybridized carbons (Fsp3) is 0.875. The minimum atomic E-state index is 0.125. The molecule has 1 fully saturated rings. The number of rotatable bonds is 8. The molecule has 5 heteroatoms. The Bertz CT molecular complexity index is 424. The van der Waals surface area contributed by atoms with E-state index in [1.54, 1.807) is 0 Å². The fourth-order valence-electron chi connectivity index (χ4n) is 3.56. The predicted octanol–water partition coefficient (Wildman–Crippen LogP) is 2.60. The molecule has 1 aliphatic rings. The molecule has 21 heavy (non-hydrogen) atoms. The average molecular weight is 293 g/mol. The van der Waals surface area contributed by atoms with Crippen LogP contribution in [0.25, 0.3) is 0 Å². The molecule has 2 unspecified atom stereocenters. The van der Waals surface area contributed by atoms with Crippen molar-refractivity contribution in [2.45, 2.75) is 71.5 Å². The molecule has 1 aromatic rings. The Morgan fingerprint density at radius 3 is 2.57 bits per heavy atom. The third-order valence-corrected chi connectivity index (χ3v) is 4.95. The quantitative estimate of drug-likeness (QED) is 0.800. The van der Waals surface area contributed by atoms with Gasteiger partial charge in [0.2, 0.25) is 0 Å². The summed E-state index contributed by atoms with van der Waals surface area (Å²) >= 11 is 0. The highest BCUT2D eigenvalue weighted by Crippen LogP contribution is 2.36. The van der Waals surface area contributed by atoms with Gasteiger partial charge in [0.05, 0.1) is 17.9 Å². The maximum Gasteiger partial charge on any atom is 0.0775 e. The van der Waals surface area contributed by atoms with Crippen molar-refractivity contribution in [2.24, 2.45) is 0 Å². The highest BCUT2D eigenvalue weighted by molar-refractivity contribution is 5.12. The smallest absolute Gasteiger partial charge is 0.0775 e. The molecule has 0 saturated carbocycles. The molecule has 0 aliphatic carbocycles. The van der Waals surface area contributed by atoms with Crippen LogP contribution in [0.1, 0.15) is 65.1 Å². The summed E-state index contributed by atoms with van der Waals surface area (Å²) in [6.45, 7) is 13.4. The molecular weight excluding hydrogens is 262 g/mol. The molecule has 1 saturated heterocycles. The lowest BCUT2D eigenvalue weighted by Gasteiger charge is -2.44. The third kappa shape index (κ3) is 3.29. The van der Waals surface area contributed by atoms with Gasteiger partial charge in [0.15, 0.2) is 0 Å². The minimum absolute atomic E-state index is 0.125. The Balaban J connectivity index is 2.33. The van der Waals surface area contributed by atoms with Crippen LogP contribution in [0, 0.1) is 0 Å². The second-order valence-corrected chi connectivity index (χ2v) is 6.28. The van der Waals surface area contributed by atoms with Crippen molar-refractivity contribution in [3.05, 3.63) is 11.9 Å². The number of nitrogens with one attached hydrogen (secondary N) is 1. The van der Waals surface area contributed by atoms with Crippen LogP contribution >= 0.6 is 0 Å². The molecule has 2 atom stereocenters. The van der Waals surface area contributed by atoms with Gasteiger partial charge in [-0.05, 0) is 52.2 Å².